The fourth-order valence-corrected chi connectivity index (χ4v) is 3.36. The molecule has 4 nitrogen and oxygen atoms in total. The maximum absolute atomic E-state index is 5.60. The highest BCUT2D eigenvalue weighted by Gasteiger charge is 2.34. The standard InChI is InChI=1S/C17H22BrN3O/c1-13(16-6-9-20-21-16)19-12-17(7-10-22-11-8-17)14-2-4-15(18)5-3-14/h2-6,9,13,19H,7-8,10-12H2,1H3,(H,20,21)/t13-/m1/s1. The maximum atomic E-state index is 5.60. The molecule has 5 heteroatoms. The fourth-order valence-electron chi connectivity index (χ4n) is 3.10. The Labute approximate surface area is 139 Å². The average molecular weight is 364 g/mol. The van der Waals surface area contributed by atoms with Gasteiger partial charge in [-0.3, -0.25) is 5.10 Å². The quantitative estimate of drug-likeness (QED) is 0.853. The van der Waals surface area contributed by atoms with Crippen LogP contribution in [0.3, 0.4) is 0 Å². The highest BCUT2D eigenvalue weighted by molar-refractivity contribution is 9.10. The third-order valence-electron chi connectivity index (χ3n) is 4.64. The minimum absolute atomic E-state index is 0.146. The van der Waals surface area contributed by atoms with Crippen molar-refractivity contribution in [3.05, 3.63) is 52.3 Å². The van der Waals surface area contributed by atoms with Gasteiger partial charge in [0, 0.05) is 41.9 Å². The lowest BCUT2D eigenvalue weighted by Crippen LogP contribution is -2.43. The molecule has 3 rings (SSSR count). The molecule has 0 bridgehead atoms. The van der Waals surface area contributed by atoms with Gasteiger partial charge >= 0.3 is 0 Å². The number of hydrogen-bond acceptors (Lipinski definition) is 3. The summed E-state index contributed by atoms with van der Waals surface area (Å²) in [5.41, 5.74) is 2.66. The van der Waals surface area contributed by atoms with Gasteiger partial charge < -0.3 is 10.1 Å². The molecule has 1 aromatic heterocycles. The molecule has 0 unspecified atom stereocenters. The van der Waals surface area contributed by atoms with E-state index in [4.69, 9.17) is 4.74 Å². The van der Waals surface area contributed by atoms with Crippen molar-refractivity contribution in [1.29, 1.82) is 0 Å². The van der Waals surface area contributed by atoms with E-state index in [2.05, 4.69) is 62.6 Å². The van der Waals surface area contributed by atoms with Crippen molar-refractivity contribution in [2.45, 2.75) is 31.2 Å². The number of ether oxygens (including phenoxy) is 1. The van der Waals surface area contributed by atoms with Gasteiger partial charge in [-0.15, -0.1) is 0 Å². The van der Waals surface area contributed by atoms with Crippen LogP contribution in [0.2, 0.25) is 0 Å². The maximum Gasteiger partial charge on any atom is 0.0518 e. The summed E-state index contributed by atoms with van der Waals surface area (Å²) < 4.78 is 6.72. The first-order chi connectivity index (χ1) is 10.7. The van der Waals surface area contributed by atoms with Gasteiger partial charge in [0.1, 0.15) is 0 Å². The Morgan fingerprint density at radius 2 is 2.00 bits per heavy atom. The number of benzene rings is 1. The van der Waals surface area contributed by atoms with E-state index in [0.717, 1.165) is 42.8 Å². The van der Waals surface area contributed by atoms with Crippen molar-refractivity contribution >= 4 is 15.9 Å². The molecule has 1 saturated heterocycles. The number of nitrogens with zero attached hydrogens (tertiary/aromatic N) is 1. The van der Waals surface area contributed by atoms with E-state index in [-0.39, 0.29) is 11.5 Å². The second-order valence-corrected chi connectivity index (χ2v) is 6.93. The molecule has 1 aromatic carbocycles. The largest absolute Gasteiger partial charge is 0.381 e. The van der Waals surface area contributed by atoms with E-state index in [1.54, 1.807) is 6.20 Å². The molecule has 1 aliphatic rings. The Balaban J connectivity index is 1.76. The van der Waals surface area contributed by atoms with Crippen LogP contribution in [-0.2, 0) is 10.2 Å². The topological polar surface area (TPSA) is 49.9 Å². The molecule has 2 N–H and O–H groups in total. The number of rotatable bonds is 5. The molecule has 0 aliphatic carbocycles. The molecule has 0 amide bonds. The van der Waals surface area contributed by atoms with Crippen LogP contribution < -0.4 is 5.32 Å². The lowest BCUT2D eigenvalue weighted by Gasteiger charge is -2.39. The van der Waals surface area contributed by atoms with Crippen LogP contribution in [0.5, 0.6) is 0 Å². The predicted octanol–water partition coefficient (Wildman–Crippen LogP) is 3.57. The summed E-state index contributed by atoms with van der Waals surface area (Å²) in [4.78, 5) is 0. The van der Waals surface area contributed by atoms with Gasteiger partial charge in [-0.1, -0.05) is 28.1 Å². The van der Waals surface area contributed by atoms with Crippen molar-refractivity contribution in [2.75, 3.05) is 19.8 Å². The van der Waals surface area contributed by atoms with E-state index < -0.39 is 0 Å². The van der Waals surface area contributed by atoms with E-state index in [9.17, 15) is 0 Å². The molecule has 1 aliphatic heterocycles. The first-order valence-corrected chi connectivity index (χ1v) is 8.55. The number of aromatic amines is 1. The van der Waals surface area contributed by atoms with E-state index in [1.165, 1.54) is 5.56 Å². The molecule has 1 fully saturated rings. The summed E-state index contributed by atoms with van der Waals surface area (Å²) >= 11 is 3.52. The average Bonchev–Trinajstić information content (AvgIpc) is 3.09. The Morgan fingerprint density at radius 3 is 2.64 bits per heavy atom. The normalized spacial score (nSPS) is 19.0. The molecule has 2 heterocycles. The first kappa shape index (κ1) is 15.7. The van der Waals surface area contributed by atoms with Crippen LogP contribution in [0.15, 0.2) is 41.0 Å². The smallest absolute Gasteiger partial charge is 0.0518 e. The summed E-state index contributed by atoms with van der Waals surface area (Å²) in [6, 6.07) is 11.0. The number of nitrogens with one attached hydrogen (secondary N) is 2. The van der Waals surface area contributed by atoms with Crippen molar-refractivity contribution in [2.24, 2.45) is 0 Å². The first-order valence-electron chi connectivity index (χ1n) is 7.76. The molecule has 0 radical (unpaired) electrons. The number of halogens is 1. The van der Waals surface area contributed by atoms with Gasteiger partial charge in [0.15, 0.2) is 0 Å². The van der Waals surface area contributed by atoms with Gasteiger partial charge in [0.05, 0.1) is 5.69 Å². The Morgan fingerprint density at radius 1 is 1.27 bits per heavy atom. The monoisotopic (exact) mass is 363 g/mol. The van der Waals surface area contributed by atoms with Gasteiger partial charge in [0.2, 0.25) is 0 Å². The molecule has 118 valence electrons. The zero-order valence-corrected chi connectivity index (χ0v) is 14.4. The summed E-state index contributed by atoms with van der Waals surface area (Å²) in [6.07, 6.45) is 3.90. The molecule has 1 atom stereocenters. The van der Waals surface area contributed by atoms with Crippen LogP contribution in [0.25, 0.3) is 0 Å². The van der Waals surface area contributed by atoms with Crippen molar-refractivity contribution in [3.8, 4) is 0 Å². The van der Waals surface area contributed by atoms with Crippen LogP contribution in [0.1, 0.15) is 37.1 Å². The second kappa shape index (κ2) is 6.94. The zero-order chi connectivity index (χ0) is 15.4. The van der Waals surface area contributed by atoms with Crippen molar-refractivity contribution in [3.63, 3.8) is 0 Å². The van der Waals surface area contributed by atoms with E-state index >= 15 is 0 Å². The number of hydrogen-bond donors (Lipinski definition) is 2. The Kier molecular flexibility index (Phi) is 4.96. The summed E-state index contributed by atoms with van der Waals surface area (Å²) in [5.74, 6) is 0. The minimum atomic E-state index is 0.146. The minimum Gasteiger partial charge on any atom is -0.381 e. The van der Waals surface area contributed by atoms with Crippen molar-refractivity contribution < 1.29 is 4.74 Å². The Hall–Kier alpha value is -1.17. The van der Waals surface area contributed by atoms with Crippen LogP contribution in [-0.4, -0.2) is 30.0 Å². The fraction of sp³-hybridized carbons (Fsp3) is 0.471. The van der Waals surface area contributed by atoms with Crippen LogP contribution in [0, 0.1) is 0 Å². The van der Waals surface area contributed by atoms with E-state index in [1.807, 2.05) is 6.07 Å². The van der Waals surface area contributed by atoms with Crippen molar-refractivity contribution in [1.82, 2.24) is 15.5 Å². The molecule has 2 aromatic rings. The lowest BCUT2D eigenvalue weighted by atomic mass is 9.74. The summed E-state index contributed by atoms with van der Waals surface area (Å²) in [7, 11) is 0. The zero-order valence-electron chi connectivity index (χ0n) is 12.8. The third-order valence-corrected chi connectivity index (χ3v) is 5.17. The summed E-state index contributed by atoms with van der Waals surface area (Å²) in [6.45, 7) is 4.77. The van der Waals surface area contributed by atoms with Crippen LogP contribution in [0.4, 0.5) is 0 Å². The molecule has 22 heavy (non-hydrogen) atoms. The van der Waals surface area contributed by atoms with Gasteiger partial charge in [0.25, 0.3) is 0 Å². The molecule has 0 spiro atoms. The molecular formula is C17H22BrN3O. The highest BCUT2D eigenvalue weighted by atomic mass is 79.9. The summed E-state index contributed by atoms with van der Waals surface area (Å²) in [5, 5.41) is 10.7. The lowest BCUT2D eigenvalue weighted by molar-refractivity contribution is 0.0490. The number of H-pyrrole nitrogens is 1. The predicted molar refractivity (Wildman–Crippen MR) is 90.9 cm³/mol. The number of aromatic nitrogens is 2. The van der Waals surface area contributed by atoms with Gasteiger partial charge in [-0.05, 0) is 43.5 Å². The SMILES string of the molecule is C[C@@H](NCC1(c2ccc(Br)cc2)CCOCC1)c1ccn[nH]1. The van der Waals surface area contributed by atoms with Gasteiger partial charge in [-0.2, -0.15) is 5.10 Å². The highest BCUT2D eigenvalue weighted by Crippen LogP contribution is 2.35. The van der Waals surface area contributed by atoms with E-state index in [0.29, 0.717) is 0 Å². The third kappa shape index (κ3) is 3.42. The molecular weight excluding hydrogens is 342 g/mol. The second-order valence-electron chi connectivity index (χ2n) is 6.01. The van der Waals surface area contributed by atoms with Crippen LogP contribution >= 0.6 is 15.9 Å². The van der Waals surface area contributed by atoms with Gasteiger partial charge in [-0.25, -0.2) is 0 Å². The Bertz CT molecular complexity index is 576. The molecule has 0 saturated carbocycles.